The first-order chi connectivity index (χ1) is 8.92. The number of carbonyl (C=O) groups is 1. The number of nitrogens with zero attached hydrogens (tertiary/aromatic N) is 3. The lowest BCUT2D eigenvalue weighted by atomic mass is 10.2. The highest BCUT2D eigenvalue weighted by atomic mass is 16.5. The molecule has 19 heavy (non-hydrogen) atoms. The zero-order valence-corrected chi connectivity index (χ0v) is 11.6. The van der Waals surface area contributed by atoms with Gasteiger partial charge in [0.25, 0.3) is 0 Å². The first-order valence-electron chi connectivity index (χ1n) is 6.08. The molecule has 1 heterocycles. The van der Waals surface area contributed by atoms with Crippen LogP contribution in [0.3, 0.4) is 0 Å². The Kier molecular flexibility index (Phi) is 5.50. The number of primary amides is 1. The molecule has 1 rings (SSSR count). The summed E-state index contributed by atoms with van der Waals surface area (Å²) in [5.41, 5.74) is 11.0. The Morgan fingerprint density at radius 2 is 2.16 bits per heavy atom. The standard InChI is InChI=1S/C12H21N5O2/c1-8(2)5-17(6-10(14)18)12-4-9(13)15-11(16-12)7-19-3/h4,8H,5-7H2,1-3H3,(H2,14,18)(H2,13,15,16). The van der Waals surface area contributed by atoms with Crippen molar-refractivity contribution in [1.82, 2.24) is 9.97 Å². The van der Waals surface area contributed by atoms with Gasteiger partial charge in [0, 0.05) is 19.7 Å². The Morgan fingerprint density at radius 3 is 2.68 bits per heavy atom. The predicted molar refractivity (Wildman–Crippen MR) is 73.4 cm³/mol. The molecule has 0 aliphatic carbocycles. The van der Waals surface area contributed by atoms with Crippen LogP contribution >= 0.6 is 0 Å². The average Bonchev–Trinajstić information content (AvgIpc) is 2.26. The highest BCUT2D eigenvalue weighted by Crippen LogP contribution is 2.16. The van der Waals surface area contributed by atoms with E-state index in [1.807, 2.05) is 0 Å². The Morgan fingerprint density at radius 1 is 1.47 bits per heavy atom. The largest absolute Gasteiger partial charge is 0.384 e. The number of amides is 1. The lowest BCUT2D eigenvalue weighted by Crippen LogP contribution is -2.37. The maximum absolute atomic E-state index is 11.1. The fraction of sp³-hybridized carbons (Fsp3) is 0.583. The lowest BCUT2D eigenvalue weighted by Gasteiger charge is -2.24. The van der Waals surface area contributed by atoms with Crippen LogP contribution in [-0.2, 0) is 16.1 Å². The van der Waals surface area contributed by atoms with Gasteiger partial charge in [0.05, 0.1) is 6.54 Å². The smallest absolute Gasteiger partial charge is 0.236 e. The van der Waals surface area contributed by atoms with E-state index in [2.05, 4.69) is 23.8 Å². The molecule has 0 unspecified atom stereocenters. The summed E-state index contributed by atoms with van der Waals surface area (Å²) in [6.07, 6.45) is 0. The number of hydrogen-bond donors (Lipinski definition) is 2. The van der Waals surface area contributed by atoms with E-state index in [1.165, 1.54) is 0 Å². The highest BCUT2D eigenvalue weighted by molar-refractivity contribution is 5.79. The molecule has 0 saturated carbocycles. The maximum atomic E-state index is 11.1. The molecule has 0 bridgehead atoms. The molecule has 106 valence electrons. The number of ether oxygens (including phenoxy) is 1. The minimum Gasteiger partial charge on any atom is -0.384 e. The van der Waals surface area contributed by atoms with Crippen LogP contribution in [0.4, 0.5) is 11.6 Å². The van der Waals surface area contributed by atoms with E-state index >= 15 is 0 Å². The molecule has 7 nitrogen and oxygen atoms in total. The van der Waals surface area contributed by atoms with Crippen molar-refractivity contribution in [3.63, 3.8) is 0 Å². The molecule has 0 spiro atoms. The van der Waals surface area contributed by atoms with Crippen molar-refractivity contribution in [3.8, 4) is 0 Å². The second-order valence-corrected chi connectivity index (χ2v) is 4.74. The molecule has 1 aromatic heterocycles. The van der Waals surface area contributed by atoms with E-state index in [0.29, 0.717) is 29.9 Å². The monoisotopic (exact) mass is 267 g/mol. The molecule has 0 aromatic carbocycles. The predicted octanol–water partition coefficient (Wildman–Crippen LogP) is 0.153. The lowest BCUT2D eigenvalue weighted by molar-refractivity contribution is -0.116. The van der Waals surface area contributed by atoms with Gasteiger partial charge in [0.15, 0.2) is 5.82 Å². The summed E-state index contributed by atoms with van der Waals surface area (Å²) in [5.74, 6) is 1.37. The summed E-state index contributed by atoms with van der Waals surface area (Å²) >= 11 is 0. The second-order valence-electron chi connectivity index (χ2n) is 4.74. The van der Waals surface area contributed by atoms with E-state index < -0.39 is 5.91 Å². The number of carbonyl (C=O) groups excluding carboxylic acids is 1. The molecule has 1 amide bonds. The Bertz CT molecular complexity index is 436. The summed E-state index contributed by atoms with van der Waals surface area (Å²) in [5, 5.41) is 0. The summed E-state index contributed by atoms with van der Waals surface area (Å²) in [4.78, 5) is 21.3. The van der Waals surface area contributed by atoms with Crippen molar-refractivity contribution in [2.75, 3.05) is 30.8 Å². The van der Waals surface area contributed by atoms with Crippen molar-refractivity contribution in [1.29, 1.82) is 0 Å². The van der Waals surface area contributed by atoms with Gasteiger partial charge >= 0.3 is 0 Å². The SMILES string of the molecule is COCc1nc(N)cc(N(CC(N)=O)CC(C)C)n1. The van der Waals surface area contributed by atoms with Crippen molar-refractivity contribution in [3.05, 3.63) is 11.9 Å². The van der Waals surface area contributed by atoms with Gasteiger partial charge in [-0.1, -0.05) is 13.8 Å². The van der Waals surface area contributed by atoms with Crippen LogP contribution in [0.5, 0.6) is 0 Å². The molecule has 0 aliphatic rings. The summed E-state index contributed by atoms with van der Waals surface area (Å²) in [6.45, 7) is 5.13. The maximum Gasteiger partial charge on any atom is 0.236 e. The van der Waals surface area contributed by atoms with Gasteiger partial charge in [-0.2, -0.15) is 0 Å². The molecule has 0 radical (unpaired) electrons. The van der Waals surface area contributed by atoms with Crippen molar-refractivity contribution >= 4 is 17.5 Å². The van der Waals surface area contributed by atoms with E-state index in [4.69, 9.17) is 16.2 Å². The normalized spacial score (nSPS) is 10.7. The van der Waals surface area contributed by atoms with E-state index in [-0.39, 0.29) is 13.2 Å². The van der Waals surface area contributed by atoms with Crippen molar-refractivity contribution in [2.45, 2.75) is 20.5 Å². The third-order valence-electron chi connectivity index (χ3n) is 2.31. The van der Waals surface area contributed by atoms with Crippen molar-refractivity contribution in [2.24, 2.45) is 11.7 Å². The fourth-order valence-corrected chi connectivity index (χ4v) is 1.73. The zero-order chi connectivity index (χ0) is 14.4. The molecule has 7 heteroatoms. The quantitative estimate of drug-likeness (QED) is 0.728. The van der Waals surface area contributed by atoms with E-state index in [0.717, 1.165) is 0 Å². The number of nitrogens with two attached hydrogens (primary N) is 2. The molecule has 1 aromatic rings. The Balaban J connectivity index is 3.02. The highest BCUT2D eigenvalue weighted by Gasteiger charge is 2.14. The number of methoxy groups -OCH3 is 1. The number of hydrogen-bond acceptors (Lipinski definition) is 6. The molecular weight excluding hydrogens is 246 g/mol. The van der Waals surface area contributed by atoms with Gasteiger partial charge in [0.2, 0.25) is 5.91 Å². The fourth-order valence-electron chi connectivity index (χ4n) is 1.73. The van der Waals surface area contributed by atoms with Crippen LogP contribution in [0, 0.1) is 5.92 Å². The van der Waals surface area contributed by atoms with Crippen LogP contribution in [0.25, 0.3) is 0 Å². The van der Waals surface area contributed by atoms with Crippen LogP contribution in [0.2, 0.25) is 0 Å². The summed E-state index contributed by atoms with van der Waals surface area (Å²) in [7, 11) is 1.56. The van der Waals surface area contributed by atoms with Crippen molar-refractivity contribution < 1.29 is 9.53 Å². The minimum absolute atomic E-state index is 0.0983. The molecular formula is C12H21N5O2. The average molecular weight is 267 g/mol. The summed E-state index contributed by atoms with van der Waals surface area (Å²) in [6, 6.07) is 1.63. The molecule has 4 N–H and O–H groups in total. The number of anilines is 2. The van der Waals surface area contributed by atoms with Gasteiger partial charge in [-0.05, 0) is 5.92 Å². The van der Waals surface area contributed by atoms with Gasteiger partial charge in [-0.25, -0.2) is 9.97 Å². The number of nitrogen functional groups attached to an aromatic ring is 1. The van der Waals surface area contributed by atoms with E-state index in [9.17, 15) is 4.79 Å². The molecule has 0 aliphatic heterocycles. The van der Waals surface area contributed by atoms with Gasteiger partial charge in [-0.15, -0.1) is 0 Å². The first kappa shape index (κ1) is 15.2. The molecule has 0 fully saturated rings. The van der Waals surface area contributed by atoms with Gasteiger partial charge < -0.3 is 21.1 Å². The molecule has 0 saturated heterocycles. The minimum atomic E-state index is -0.411. The number of rotatable bonds is 7. The van der Waals surface area contributed by atoms with Gasteiger partial charge in [-0.3, -0.25) is 4.79 Å². The Hall–Kier alpha value is -1.89. The van der Waals surface area contributed by atoms with Gasteiger partial charge in [0.1, 0.15) is 18.2 Å². The Labute approximate surface area is 113 Å². The summed E-state index contributed by atoms with van der Waals surface area (Å²) < 4.78 is 4.99. The van der Waals surface area contributed by atoms with Crippen LogP contribution in [0.15, 0.2) is 6.07 Å². The topological polar surface area (TPSA) is 107 Å². The molecule has 0 atom stereocenters. The zero-order valence-electron chi connectivity index (χ0n) is 11.6. The second kappa shape index (κ2) is 6.89. The van der Waals surface area contributed by atoms with Crippen LogP contribution in [0.1, 0.15) is 19.7 Å². The van der Waals surface area contributed by atoms with Crippen LogP contribution in [-0.4, -0.2) is 36.1 Å². The third kappa shape index (κ3) is 5.09. The first-order valence-corrected chi connectivity index (χ1v) is 6.08. The third-order valence-corrected chi connectivity index (χ3v) is 2.31. The number of aromatic nitrogens is 2. The van der Waals surface area contributed by atoms with E-state index in [1.54, 1.807) is 18.1 Å². The van der Waals surface area contributed by atoms with Crippen LogP contribution < -0.4 is 16.4 Å².